The van der Waals surface area contributed by atoms with Crippen molar-refractivity contribution >= 4 is 11.7 Å². The molecular weight excluding hydrogens is 250 g/mol. The fraction of sp³-hybridized carbons (Fsp3) is 0.667. The first-order valence-corrected chi connectivity index (χ1v) is 6.52. The first kappa shape index (κ1) is 12.1. The summed E-state index contributed by atoms with van der Waals surface area (Å²) in [4.78, 5) is 22.2. The number of hydrogen-bond donors (Lipinski definition) is 0. The molecule has 2 fully saturated rings. The predicted molar refractivity (Wildman–Crippen MR) is 64.6 cm³/mol. The number of esters is 1. The fourth-order valence-electron chi connectivity index (χ4n) is 2.33. The lowest BCUT2D eigenvalue weighted by molar-refractivity contribution is -0.385. The normalized spacial score (nSPS) is 25.1. The third-order valence-corrected chi connectivity index (χ3v) is 3.59. The lowest BCUT2D eigenvalue weighted by Crippen LogP contribution is -2.09. The van der Waals surface area contributed by atoms with E-state index in [0.717, 1.165) is 12.8 Å². The van der Waals surface area contributed by atoms with Crippen molar-refractivity contribution in [3.63, 3.8) is 0 Å². The largest absolute Gasteiger partial charge is 0.466 e. The van der Waals surface area contributed by atoms with Gasteiger partial charge in [-0.3, -0.25) is 19.6 Å². The van der Waals surface area contributed by atoms with Crippen LogP contribution in [0.15, 0.2) is 6.20 Å². The molecule has 2 aliphatic rings. The molecule has 0 aromatic carbocycles. The van der Waals surface area contributed by atoms with E-state index in [0.29, 0.717) is 18.7 Å². The maximum Gasteiger partial charge on any atom is 0.311 e. The highest BCUT2D eigenvalue weighted by molar-refractivity contribution is 5.76. The Bertz CT molecular complexity index is 535. The van der Waals surface area contributed by atoms with Crippen LogP contribution < -0.4 is 0 Å². The molecule has 0 saturated heterocycles. The predicted octanol–water partition coefficient (Wildman–Crippen LogP) is 1.79. The number of carbonyl (C=O) groups excluding carboxylic acids is 1. The molecule has 0 unspecified atom stereocenters. The van der Waals surface area contributed by atoms with Gasteiger partial charge in [-0.25, -0.2) is 0 Å². The Morgan fingerprint density at radius 3 is 2.95 bits per heavy atom. The van der Waals surface area contributed by atoms with E-state index in [-0.39, 0.29) is 34.5 Å². The molecular formula is C12H15N3O4. The van der Waals surface area contributed by atoms with E-state index in [9.17, 15) is 14.9 Å². The van der Waals surface area contributed by atoms with E-state index in [2.05, 4.69) is 5.10 Å². The number of ether oxygens (including phenoxy) is 1. The molecule has 7 heteroatoms. The Balaban J connectivity index is 1.78. The second kappa shape index (κ2) is 4.32. The maximum absolute atomic E-state index is 11.6. The van der Waals surface area contributed by atoms with Gasteiger partial charge in [0.15, 0.2) is 0 Å². The first-order chi connectivity index (χ1) is 9.11. The summed E-state index contributed by atoms with van der Waals surface area (Å²) < 4.78 is 6.52. The third kappa shape index (κ3) is 2.20. The van der Waals surface area contributed by atoms with Crippen LogP contribution in [0.4, 0.5) is 5.69 Å². The Kier molecular flexibility index (Phi) is 2.76. The average molecular weight is 265 g/mol. The van der Waals surface area contributed by atoms with E-state index in [1.165, 1.54) is 6.20 Å². The number of carbonyl (C=O) groups is 1. The highest BCUT2D eigenvalue weighted by Crippen LogP contribution is 2.47. The van der Waals surface area contributed by atoms with E-state index in [1.54, 1.807) is 11.6 Å². The number of hydrogen-bond acceptors (Lipinski definition) is 5. The van der Waals surface area contributed by atoms with Gasteiger partial charge >= 0.3 is 11.7 Å². The van der Waals surface area contributed by atoms with Crippen molar-refractivity contribution in [1.82, 2.24) is 9.78 Å². The molecule has 2 saturated carbocycles. The number of nitro groups is 1. The van der Waals surface area contributed by atoms with E-state index in [1.807, 2.05) is 0 Å². The fourth-order valence-corrected chi connectivity index (χ4v) is 2.33. The van der Waals surface area contributed by atoms with Crippen molar-refractivity contribution in [2.45, 2.75) is 38.1 Å². The van der Waals surface area contributed by atoms with Crippen LogP contribution in [0.1, 0.15) is 43.8 Å². The van der Waals surface area contributed by atoms with Crippen LogP contribution in [0.2, 0.25) is 0 Å². The molecule has 0 aliphatic heterocycles. The molecule has 1 aromatic heterocycles. The number of rotatable bonds is 5. The summed E-state index contributed by atoms with van der Waals surface area (Å²) in [5, 5.41) is 15.3. The number of aromatic nitrogens is 2. The molecule has 7 nitrogen and oxygen atoms in total. The summed E-state index contributed by atoms with van der Waals surface area (Å²) in [7, 11) is 0. The summed E-state index contributed by atoms with van der Waals surface area (Å²) in [6.45, 7) is 2.12. The van der Waals surface area contributed by atoms with E-state index >= 15 is 0 Å². The van der Waals surface area contributed by atoms with Gasteiger partial charge in [-0.2, -0.15) is 5.10 Å². The lowest BCUT2D eigenvalue weighted by Gasteiger charge is -2.00. The molecule has 19 heavy (non-hydrogen) atoms. The second-order valence-electron chi connectivity index (χ2n) is 5.07. The van der Waals surface area contributed by atoms with Crippen LogP contribution in [0.25, 0.3) is 0 Å². The second-order valence-corrected chi connectivity index (χ2v) is 5.07. The quantitative estimate of drug-likeness (QED) is 0.460. The Hall–Kier alpha value is -1.92. The minimum Gasteiger partial charge on any atom is -0.466 e. The minimum atomic E-state index is -0.390. The topological polar surface area (TPSA) is 87.3 Å². The van der Waals surface area contributed by atoms with Crippen LogP contribution in [-0.4, -0.2) is 27.3 Å². The Morgan fingerprint density at radius 1 is 1.63 bits per heavy atom. The van der Waals surface area contributed by atoms with Crippen molar-refractivity contribution in [3.05, 3.63) is 22.0 Å². The molecule has 2 aliphatic carbocycles. The standard InChI is InChI=1S/C12H15N3O4/c1-2-19-12(16)8-5-9(8)14-6-10(15(17)18)11(13-14)7-3-4-7/h6-9H,2-5H2,1H3/t8-,9-/m0/s1. The van der Waals surface area contributed by atoms with Crippen molar-refractivity contribution in [1.29, 1.82) is 0 Å². The molecule has 1 heterocycles. The van der Waals surface area contributed by atoms with Crippen molar-refractivity contribution in [2.24, 2.45) is 5.92 Å². The first-order valence-electron chi connectivity index (χ1n) is 6.52. The van der Waals surface area contributed by atoms with Gasteiger partial charge in [0.25, 0.3) is 0 Å². The van der Waals surface area contributed by atoms with Crippen LogP contribution in [0.5, 0.6) is 0 Å². The molecule has 0 amide bonds. The summed E-state index contributed by atoms with van der Waals surface area (Å²) in [5.41, 5.74) is 0.650. The molecule has 0 spiro atoms. The summed E-state index contributed by atoms with van der Waals surface area (Å²) in [5.74, 6) is -0.216. The van der Waals surface area contributed by atoms with Crippen molar-refractivity contribution in [3.8, 4) is 0 Å². The molecule has 0 bridgehead atoms. The smallest absolute Gasteiger partial charge is 0.311 e. The SMILES string of the molecule is CCOC(=O)[C@H]1C[C@@H]1n1cc([N+](=O)[O-])c(C2CC2)n1. The third-order valence-electron chi connectivity index (χ3n) is 3.59. The molecule has 0 radical (unpaired) electrons. The van der Waals surface area contributed by atoms with Crippen molar-refractivity contribution < 1.29 is 14.5 Å². The van der Waals surface area contributed by atoms with Gasteiger partial charge < -0.3 is 4.74 Å². The van der Waals surface area contributed by atoms with Gasteiger partial charge in [0.05, 0.1) is 23.5 Å². The zero-order valence-corrected chi connectivity index (χ0v) is 10.6. The van der Waals surface area contributed by atoms with Crippen LogP contribution in [0, 0.1) is 16.0 Å². The van der Waals surface area contributed by atoms with Crippen LogP contribution in [-0.2, 0) is 9.53 Å². The molecule has 0 N–H and O–H groups in total. The highest BCUT2D eigenvalue weighted by Gasteiger charge is 2.48. The van der Waals surface area contributed by atoms with Gasteiger partial charge in [0, 0.05) is 5.92 Å². The summed E-state index contributed by atoms with van der Waals surface area (Å²) in [6.07, 6.45) is 4.03. The van der Waals surface area contributed by atoms with Crippen molar-refractivity contribution in [2.75, 3.05) is 6.61 Å². The molecule has 102 valence electrons. The van der Waals surface area contributed by atoms with Gasteiger partial charge in [0.2, 0.25) is 0 Å². The summed E-state index contributed by atoms with van der Waals surface area (Å²) in [6, 6.07) is -0.0785. The zero-order valence-electron chi connectivity index (χ0n) is 10.6. The van der Waals surface area contributed by atoms with Gasteiger partial charge in [-0.05, 0) is 26.2 Å². The minimum absolute atomic E-state index is 0.0785. The van der Waals surface area contributed by atoms with E-state index < -0.39 is 0 Å². The summed E-state index contributed by atoms with van der Waals surface area (Å²) >= 11 is 0. The average Bonchev–Trinajstić information content (AvgIpc) is 3.27. The van der Waals surface area contributed by atoms with Gasteiger partial charge in [0.1, 0.15) is 11.9 Å². The van der Waals surface area contributed by atoms with Gasteiger partial charge in [-0.15, -0.1) is 0 Å². The van der Waals surface area contributed by atoms with E-state index in [4.69, 9.17) is 4.74 Å². The number of nitrogens with zero attached hydrogens (tertiary/aromatic N) is 3. The zero-order chi connectivity index (χ0) is 13.6. The molecule has 1 aromatic rings. The monoisotopic (exact) mass is 265 g/mol. The molecule has 2 atom stereocenters. The lowest BCUT2D eigenvalue weighted by atomic mass is 10.3. The molecule has 3 rings (SSSR count). The van der Waals surface area contributed by atoms with Crippen LogP contribution in [0.3, 0.4) is 0 Å². The van der Waals surface area contributed by atoms with Gasteiger partial charge in [-0.1, -0.05) is 0 Å². The maximum atomic E-state index is 11.6. The Morgan fingerprint density at radius 2 is 2.37 bits per heavy atom. The van der Waals surface area contributed by atoms with Crippen LogP contribution >= 0.6 is 0 Å². The Labute approximate surface area is 109 Å². The highest BCUT2D eigenvalue weighted by atomic mass is 16.6.